The lowest BCUT2D eigenvalue weighted by Gasteiger charge is -2.27. The summed E-state index contributed by atoms with van der Waals surface area (Å²) in [5.41, 5.74) is 4.10. The van der Waals surface area contributed by atoms with E-state index in [0.29, 0.717) is 5.92 Å². The standard InChI is InChI=1S/C14H22BrN/c1-5-16(10-11(2)3)14-7-6-13(9-15)8-12(14)4/h6-8,11H,5,9-10H2,1-4H3. The Morgan fingerprint density at radius 3 is 2.44 bits per heavy atom. The van der Waals surface area contributed by atoms with E-state index in [2.05, 4.69) is 66.7 Å². The van der Waals surface area contributed by atoms with Crippen LogP contribution >= 0.6 is 15.9 Å². The third-order valence-corrected chi connectivity index (χ3v) is 3.37. The Bertz CT molecular complexity index is 334. The van der Waals surface area contributed by atoms with Crippen LogP contribution in [0.25, 0.3) is 0 Å². The summed E-state index contributed by atoms with van der Waals surface area (Å²) in [5, 5.41) is 0.935. The van der Waals surface area contributed by atoms with Gasteiger partial charge in [-0.25, -0.2) is 0 Å². The fourth-order valence-electron chi connectivity index (χ4n) is 1.99. The number of alkyl halides is 1. The van der Waals surface area contributed by atoms with Gasteiger partial charge in [-0.2, -0.15) is 0 Å². The second-order valence-corrected chi connectivity index (χ2v) is 5.25. The molecule has 0 aliphatic heterocycles. The van der Waals surface area contributed by atoms with Crippen molar-refractivity contribution in [2.75, 3.05) is 18.0 Å². The number of benzene rings is 1. The second-order valence-electron chi connectivity index (χ2n) is 4.69. The molecule has 2 heteroatoms. The highest BCUT2D eigenvalue weighted by Crippen LogP contribution is 2.23. The smallest absolute Gasteiger partial charge is 0.0396 e. The molecule has 0 unspecified atom stereocenters. The number of halogens is 1. The van der Waals surface area contributed by atoms with Gasteiger partial charge in [0.15, 0.2) is 0 Å². The molecule has 1 aromatic rings. The van der Waals surface area contributed by atoms with Gasteiger partial charge in [0.05, 0.1) is 0 Å². The lowest BCUT2D eigenvalue weighted by Crippen LogP contribution is -2.27. The molecule has 0 aliphatic rings. The van der Waals surface area contributed by atoms with Crippen LogP contribution < -0.4 is 4.90 Å². The van der Waals surface area contributed by atoms with Crippen LogP contribution in [0.4, 0.5) is 5.69 Å². The van der Waals surface area contributed by atoms with Crippen LogP contribution in [0.2, 0.25) is 0 Å². The van der Waals surface area contributed by atoms with E-state index in [1.165, 1.54) is 16.8 Å². The maximum atomic E-state index is 3.50. The highest BCUT2D eigenvalue weighted by Gasteiger charge is 2.09. The van der Waals surface area contributed by atoms with Crippen molar-refractivity contribution in [3.63, 3.8) is 0 Å². The van der Waals surface area contributed by atoms with Crippen LogP contribution in [0.3, 0.4) is 0 Å². The molecule has 0 fully saturated rings. The van der Waals surface area contributed by atoms with Crippen molar-refractivity contribution >= 4 is 21.6 Å². The summed E-state index contributed by atoms with van der Waals surface area (Å²) in [5.74, 6) is 0.704. The van der Waals surface area contributed by atoms with Crippen LogP contribution in [0.1, 0.15) is 31.9 Å². The minimum absolute atomic E-state index is 0.704. The Hall–Kier alpha value is -0.500. The molecule has 0 N–H and O–H groups in total. The van der Waals surface area contributed by atoms with Crippen molar-refractivity contribution < 1.29 is 0 Å². The summed E-state index contributed by atoms with van der Waals surface area (Å²) >= 11 is 3.50. The summed E-state index contributed by atoms with van der Waals surface area (Å²) in [6, 6.07) is 6.73. The predicted molar refractivity (Wildman–Crippen MR) is 76.5 cm³/mol. The highest BCUT2D eigenvalue weighted by molar-refractivity contribution is 9.08. The van der Waals surface area contributed by atoms with Crippen molar-refractivity contribution in [3.05, 3.63) is 29.3 Å². The van der Waals surface area contributed by atoms with Crippen LogP contribution in [0.15, 0.2) is 18.2 Å². The third-order valence-electron chi connectivity index (χ3n) is 2.72. The summed E-state index contributed by atoms with van der Waals surface area (Å²) in [6.45, 7) is 11.2. The van der Waals surface area contributed by atoms with E-state index in [9.17, 15) is 0 Å². The molecule has 0 aromatic heterocycles. The zero-order valence-corrected chi connectivity index (χ0v) is 12.3. The van der Waals surface area contributed by atoms with Gasteiger partial charge in [0, 0.05) is 24.1 Å². The van der Waals surface area contributed by atoms with Gasteiger partial charge in [-0.05, 0) is 37.0 Å². The number of aryl methyl sites for hydroxylation is 1. The highest BCUT2D eigenvalue weighted by atomic mass is 79.9. The number of rotatable bonds is 5. The van der Waals surface area contributed by atoms with Crippen LogP contribution in [0, 0.1) is 12.8 Å². The molecular weight excluding hydrogens is 262 g/mol. The maximum Gasteiger partial charge on any atom is 0.0396 e. The van der Waals surface area contributed by atoms with Crippen LogP contribution in [-0.2, 0) is 5.33 Å². The summed E-state index contributed by atoms with van der Waals surface area (Å²) in [4.78, 5) is 2.46. The predicted octanol–water partition coefficient (Wildman–Crippen LogP) is 4.37. The average Bonchev–Trinajstić information content (AvgIpc) is 2.25. The first-order chi connectivity index (χ1) is 7.58. The Morgan fingerprint density at radius 2 is 2.00 bits per heavy atom. The zero-order chi connectivity index (χ0) is 12.1. The van der Waals surface area contributed by atoms with Gasteiger partial charge in [-0.1, -0.05) is 41.9 Å². The largest absolute Gasteiger partial charge is 0.371 e. The van der Waals surface area contributed by atoms with Gasteiger partial charge in [0.2, 0.25) is 0 Å². The Morgan fingerprint density at radius 1 is 1.31 bits per heavy atom. The van der Waals surface area contributed by atoms with E-state index in [4.69, 9.17) is 0 Å². The first-order valence-electron chi connectivity index (χ1n) is 5.98. The molecule has 0 radical (unpaired) electrons. The first-order valence-corrected chi connectivity index (χ1v) is 7.11. The molecule has 90 valence electrons. The van der Waals surface area contributed by atoms with Gasteiger partial charge in [-0.3, -0.25) is 0 Å². The Balaban J connectivity index is 2.92. The van der Waals surface area contributed by atoms with Gasteiger partial charge in [0.25, 0.3) is 0 Å². The van der Waals surface area contributed by atoms with Gasteiger partial charge in [-0.15, -0.1) is 0 Å². The SMILES string of the molecule is CCN(CC(C)C)c1ccc(CBr)cc1C. The number of anilines is 1. The van der Waals surface area contributed by atoms with E-state index < -0.39 is 0 Å². The van der Waals surface area contributed by atoms with Gasteiger partial charge in [0.1, 0.15) is 0 Å². The van der Waals surface area contributed by atoms with Gasteiger partial charge >= 0.3 is 0 Å². The van der Waals surface area contributed by atoms with E-state index in [1.807, 2.05) is 0 Å². The minimum Gasteiger partial charge on any atom is -0.371 e. The monoisotopic (exact) mass is 283 g/mol. The molecule has 0 bridgehead atoms. The van der Waals surface area contributed by atoms with E-state index in [-0.39, 0.29) is 0 Å². The molecule has 0 saturated heterocycles. The van der Waals surface area contributed by atoms with Gasteiger partial charge < -0.3 is 4.90 Å². The van der Waals surface area contributed by atoms with Crippen LogP contribution in [0.5, 0.6) is 0 Å². The lowest BCUT2D eigenvalue weighted by molar-refractivity contribution is 0.618. The van der Waals surface area contributed by atoms with Crippen molar-refractivity contribution in [3.8, 4) is 0 Å². The quantitative estimate of drug-likeness (QED) is 0.726. The van der Waals surface area contributed by atoms with Crippen LogP contribution in [-0.4, -0.2) is 13.1 Å². The third kappa shape index (κ3) is 3.51. The average molecular weight is 284 g/mol. The fourth-order valence-corrected chi connectivity index (χ4v) is 2.34. The van der Waals surface area contributed by atoms with E-state index in [0.717, 1.165) is 18.4 Å². The van der Waals surface area contributed by atoms with E-state index in [1.54, 1.807) is 0 Å². The molecule has 0 spiro atoms. The molecule has 1 rings (SSSR count). The Labute approximate surface area is 108 Å². The van der Waals surface area contributed by atoms with Crippen molar-refractivity contribution in [2.45, 2.75) is 33.0 Å². The maximum absolute atomic E-state index is 3.50. The van der Waals surface area contributed by atoms with Crippen molar-refractivity contribution in [1.82, 2.24) is 0 Å². The molecular formula is C14H22BrN. The zero-order valence-electron chi connectivity index (χ0n) is 10.8. The minimum atomic E-state index is 0.704. The molecule has 0 aliphatic carbocycles. The topological polar surface area (TPSA) is 3.24 Å². The second kappa shape index (κ2) is 6.29. The molecule has 0 amide bonds. The fraction of sp³-hybridized carbons (Fsp3) is 0.571. The van der Waals surface area contributed by atoms with Crippen molar-refractivity contribution in [2.24, 2.45) is 5.92 Å². The number of hydrogen-bond donors (Lipinski definition) is 0. The van der Waals surface area contributed by atoms with E-state index >= 15 is 0 Å². The molecule has 1 aromatic carbocycles. The Kier molecular flexibility index (Phi) is 5.33. The molecule has 0 heterocycles. The molecule has 0 saturated carbocycles. The summed E-state index contributed by atoms with van der Waals surface area (Å²) in [6.07, 6.45) is 0. The number of nitrogens with zero attached hydrogens (tertiary/aromatic N) is 1. The lowest BCUT2D eigenvalue weighted by atomic mass is 10.1. The molecule has 1 nitrogen and oxygen atoms in total. The number of hydrogen-bond acceptors (Lipinski definition) is 1. The summed E-state index contributed by atoms with van der Waals surface area (Å²) < 4.78 is 0. The normalized spacial score (nSPS) is 10.9. The summed E-state index contributed by atoms with van der Waals surface area (Å²) in [7, 11) is 0. The van der Waals surface area contributed by atoms with Crippen molar-refractivity contribution in [1.29, 1.82) is 0 Å². The molecule has 16 heavy (non-hydrogen) atoms. The molecule has 0 atom stereocenters. The first kappa shape index (κ1) is 13.6.